The highest BCUT2D eigenvalue weighted by molar-refractivity contribution is 14.1. The summed E-state index contributed by atoms with van der Waals surface area (Å²) in [6.07, 6.45) is 0. The van der Waals surface area contributed by atoms with E-state index in [1.165, 1.54) is 14.3 Å². The number of rotatable bonds is 12. The van der Waals surface area contributed by atoms with E-state index in [1.807, 2.05) is 48.5 Å². The van der Waals surface area contributed by atoms with Crippen LogP contribution in [0.5, 0.6) is 23.0 Å². The van der Waals surface area contributed by atoms with Crippen LogP contribution in [-0.2, 0) is 18.6 Å². The number of Topliss-reactive ketones (excluding diaryl/α,β-unsaturated/α-hetero) is 6. The molecule has 12 aromatic rings. The molecule has 127 heavy (non-hydrogen) atoms. The molecule has 0 radical (unpaired) electrons. The molecular formula is C106H117B2IO14Si4. The summed E-state index contributed by atoms with van der Waals surface area (Å²) in [6.45, 7) is 62.7. The highest BCUT2D eigenvalue weighted by Crippen LogP contribution is 2.55. The van der Waals surface area contributed by atoms with E-state index in [-0.39, 0.29) is 31.3 Å². The Hall–Kier alpha value is -9.53. The van der Waals surface area contributed by atoms with Gasteiger partial charge in [-0.3, -0.25) is 28.8 Å². The number of carbonyl (C=O) groups excluding carboxylic acids is 6. The third kappa shape index (κ3) is 16.5. The second-order valence-corrected chi connectivity index (χ2v) is 63.0. The Morgan fingerprint density at radius 2 is 0.472 bits per heavy atom. The number of ketones is 6. The fraction of sp³-hybridized carbons (Fsp3) is 0.340. The monoisotopic (exact) mass is 1870 g/mol. The van der Waals surface area contributed by atoms with E-state index in [0.29, 0.717) is 77.9 Å². The molecule has 654 valence electrons. The smallest absolute Gasteiger partial charge is 0.494 e. The van der Waals surface area contributed by atoms with Gasteiger partial charge in [-0.25, -0.2) is 0 Å². The molecule has 2 fully saturated rings. The molecule has 3 aliphatic carbocycles. The zero-order valence-corrected chi connectivity index (χ0v) is 85.0. The number of halogens is 1. The van der Waals surface area contributed by atoms with Crippen LogP contribution in [0.15, 0.2) is 200 Å². The number of hydrogen-bond donors (Lipinski definition) is 0. The summed E-state index contributed by atoms with van der Waals surface area (Å²) in [7, 11) is -9.86. The van der Waals surface area contributed by atoms with E-state index in [1.54, 1.807) is 72.8 Å². The molecule has 0 bridgehead atoms. The summed E-state index contributed by atoms with van der Waals surface area (Å²) >= 11 is 2.40. The van der Waals surface area contributed by atoms with Crippen molar-refractivity contribution in [1.82, 2.24) is 0 Å². The Labute approximate surface area is 767 Å². The molecule has 5 aliphatic rings. The molecule has 0 spiro atoms. The van der Waals surface area contributed by atoms with Crippen molar-refractivity contribution in [3.05, 3.63) is 237 Å². The zero-order valence-electron chi connectivity index (χ0n) is 78.8. The second-order valence-electron chi connectivity index (χ2n) is 42.9. The van der Waals surface area contributed by atoms with Crippen molar-refractivity contribution in [2.75, 3.05) is 0 Å². The quantitative estimate of drug-likeness (QED) is 0.0488. The maximum Gasteiger partial charge on any atom is 0.494 e. The summed E-state index contributed by atoms with van der Waals surface area (Å²) < 4.78 is 56.3. The molecule has 0 N–H and O–H groups in total. The van der Waals surface area contributed by atoms with E-state index >= 15 is 0 Å². The molecule has 12 aromatic carbocycles. The van der Waals surface area contributed by atoms with Crippen LogP contribution in [0.4, 0.5) is 0 Å². The molecule has 2 saturated heterocycles. The predicted octanol–water partition coefficient (Wildman–Crippen LogP) is 26.9. The minimum atomic E-state index is -2.35. The fourth-order valence-corrected chi connectivity index (χ4v) is 20.3. The highest BCUT2D eigenvalue weighted by atomic mass is 127. The van der Waals surface area contributed by atoms with Gasteiger partial charge in [0.2, 0.25) is 34.7 Å². The minimum Gasteiger partial charge on any atom is -0.541 e. The molecule has 2 aliphatic heterocycles. The van der Waals surface area contributed by atoms with Crippen molar-refractivity contribution in [2.45, 2.75) is 233 Å². The van der Waals surface area contributed by atoms with Gasteiger partial charge in [-0.05, 0) is 275 Å². The average Bonchev–Trinajstić information content (AvgIpc) is 1.60. The fourth-order valence-electron chi connectivity index (χ4n) is 15.8. The molecule has 0 atom stereocenters. The van der Waals surface area contributed by atoms with Crippen LogP contribution in [0.25, 0.3) is 98.7 Å². The molecule has 21 heteroatoms. The van der Waals surface area contributed by atoms with Gasteiger partial charge in [0.1, 0.15) is 0 Å². The van der Waals surface area contributed by atoms with Gasteiger partial charge in [-0.15, -0.1) is 0 Å². The van der Waals surface area contributed by atoms with Crippen molar-refractivity contribution in [3.8, 4) is 78.6 Å². The first kappa shape index (κ1) is 92.2. The first-order valence-electron chi connectivity index (χ1n) is 44.0. The zero-order chi connectivity index (χ0) is 92.5. The van der Waals surface area contributed by atoms with Crippen molar-refractivity contribution >= 4 is 159 Å². The van der Waals surface area contributed by atoms with Gasteiger partial charge in [-0.1, -0.05) is 247 Å². The SMILES string of the molecule is CC(C)(C)[Si](C)(C)Oc1c(O[Si](C)(C)C(C)(C)C)c2cc(I)ccc2c2ccccc12.CC1(C)OB(c2ccc3c(c2)c(O[Si](C)(C)C(C)(C)C)c(O[Si](C)(C)C(C)(C)C)c2cc(B4OC(C)(C)C(C)(C)O4)ccc23)OC1(C)C.O=C1C(=O)c2cc(-c3ccc4c(c3)C(=O)C(=O)c3cc(-c5ccc6c(c5)C(=O)C(=O)c5ccccc5-6)ccc3-4)ccc2-c2ccccc21. The van der Waals surface area contributed by atoms with Gasteiger partial charge >= 0.3 is 14.2 Å². The van der Waals surface area contributed by atoms with E-state index in [2.05, 4.69) is 292 Å². The lowest BCUT2D eigenvalue weighted by Crippen LogP contribution is -2.46. The van der Waals surface area contributed by atoms with E-state index in [0.717, 1.165) is 66.2 Å². The van der Waals surface area contributed by atoms with Crippen LogP contribution in [0.1, 0.15) is 201 Å². The van der Waals surface area contributed by atoms with Crippen molar-refractivity contribution < 1.29 is 65.1 Å². The standard InChI is InChI=1S/C42H20O6.C38H60B2O6Si2.C26H37IO2Si2/c43-37-31-7-3-1-5-25(31)27-13-9-21(17-33(27)39(37)45)23-11-15-29-30-16-12-24(20-36(30)42(48)41(47)35(29)19-23)22-10-14-28-26-6-2-4-8-32(26)38(44)40(46)34(28)18-22;1-33(2,3)47(15,16)41-31-29-23-25(39-43-35(7,8)36(9,10)44-39)19-21-27(29)28-22-20-26(40-45-37(11,12)38(13,14)46-40)24-30(28)32(31)42-48(17,18)34(4,5)6;1-25(2,3)30(7,8)28-23-21-14-12-11-13-19(21)20-16-15-18(27)17-22(20)24(23)29-31(9,10)26(4,5)6/h1-20H;19-24H,1-18H3;11-17H,1-10H3. The van der Waals surface area contributed by atoms with E-state index < -0.39 is 105 Å². The largest absolute Gasteiger partial charge is 0.541 e. The Morgan fingerprint density at radius 3 is 0.756 bits per heavy atom. The Morgan fingerprint density at radius 1 is 0.252 bits per heavy atom. The lowest BCUT2D eigenvalue weighted by atomic mass is 9.76. The molecule has 17 rings (SSSR count). The van der Waals surface area contributed by atoms with Gasteiger partial charge in [0, 0.05) is 58.5 Å². The third-order valence-corrected chi connectivity index (χ3v) is 47.2. The van der Waals surface area contributed by atoms with Crippen molar-refractivity contribution in [2.24, 2.45) is 0 Å². The van der Waals surface area contributed by atoms with E-state index in [4.69, 9.17) is 36.3 Å². The Balaban J connectivity index is 0.000000151. The average molecular weight is 1880 g/mol. The topological polar surface area (TPSA) is 176 Å². The van der Waals surface area contributed by atoms with Crippen LogP contribution in [0.3, 0.4) is 0 Å². The normalized spacial score (nSPS) is 16.6. The predicted molar refractivity (Wildman–Crippen MR) is 538 cm³/mol. The maximum absolute atomic E-state index is 13.5. The molecule has 2 heterocycles. The van der Waals surface area contributed by atoms with Crippen LogP contribution in [0.2, 0.25) is 72.5 Å². The second kappa shape index (κ2) is 31.9. The number of carbonyl (C=O) groups is 6. The van der Waals surface area contributed by atoms with E-state index in [9.17, 15) is 28.8 Å². The summed E-state index contributed by atoms with van der Waals surface area (Å²) in [6, 6.07) is 63.5. The maximum atomic E-state index is 13.5. The molecule has 0 unspecified atom stereocenters. The molecular weight excluding hydrogens is 1760 g/mol. The number of benzene rings is 12. The molecule has 0 saturated carbocycles. The number of fused-ring (bicyclic) bond motifs is 15. The summed E-state index contributed by atoms with van der Waals surface area (Å²) in [5.41, 5.74) is 8.49. The lowest BCUT2D eigenvalue weighted by molar-refractivity contribution is 0.00578. The van der Waals surface area contributed by atoms with Gasteiger partial charge in [0.25, 0.3) is 33.3 Å². The van der Waals surface area contributed by atoms with Gasteiger partial charge in [0.15, 0.2) is 23.0 Å². The van der Waals surface area contributed by atoms with Crippen LogP contribution < -0.4 is 28.6 Å². The first-order valence-corrected chi connectivity index (χ1v) is 56.7. The summed E-state index contributed by atoms with van der Waals surface area (Å²) in [5.74, 6) is -0.119. The van der Waals surface area contributed by atoms with Crippen LogP contribution >= 0.6 is 22.6 Å². The first-order chi connectivity index (χ1) is 58.8. The van der Waals surface area contributed by atoms with Crippen molar-refractivity contribution in [1.29, 1.82) is 0 Å². The van der Waals surface area contributed by atoms with Gasteiger partial charge < -0.3 is 36.3 Å². The highest BCUT2D eigenvalue weighted by Gasteiger charge is 2.55. The third-order valence-electron chi connectivity index (χ3n) is 29.2. The van der Waals surface area contributed by atoms with Crippen LogP contribution in [0, 0.1) is 3.57 Å². The number of hydrogen-bond acceptors (Lipinski definition) is 14. The van der Waals surface area contributed by atoms with Gasteiger partial charge in [0.05, 0.1) is 22.4 Å². The van der Waals surface area contributed by atoms with Gasteiger partial charge in [-0.2, -0.15) is 0 Å². The molecule has 0 aromatic heterocycles. The summed E-state index contributed by atoms with van der Waals surface area (Å²) in [5, 5.41) is 9.12. The molecule has 0 amide bonds. The lowest BCUT2D eigenvalue weighted by Gasteiger charge is -2.40. The molecule has 14 nitrogen and oxygen atoms in total. The van der Waals surface area contributed by atoms with Crippen molar-refractivity contribution in [3.63, 3.8) is 0 Å². The Bertz CT molecular complexity index is 6310. The summed E-state index contributed by atoms with van der Waals surface area (Å²) in [4.78, 5) is 78.7. The van der Waals surface area contributed by atoms with Crippen LogP contribution in [-0.4, -0.2) is 105 Å². The Kier molecular flexibility index (Phi) is 23.2. The minimum absolute atomic E-state index is 0.0314.